The van der Waals surface area contributed by atoms with E-state index in [1.54, 1.807) is 13.2 Å². The first-order chi connectivity index (χ1) is 13.1. The van der Waals surface area contributed by atoms with E-state index in [-0.39, 0.29) is 5.75 Å². The number of hydrogen-bond donors (Lipinski definition) is 1. The Hall–Kier alpha value is -3.40. The lowest BCUT2D eigenvalue weighted by Crippen LogP contribution is -2.10. The molecule has 0 aromatic heterocycles. The van der Waals surface area contributed by atoms with Gasteiger partial charge in [-0.3, -0.25) is 9.98 Å². The molecule has 0 aliphatic carbocycles. The second kappa shape index (κ2) is 7.08. The van der Waals surface area contributed by atoms with Crippen LogP contribution in [0.2, 0.25) is 0 Å². The van der Waals surface area contributed by atoms with Gasteiger partial charge in [0.1, 0.15) is 11.5 Å². The molecule has 0 unspecified atom stereocenters. The van der Waals surface area contributed by atoms with Gasteiger partial charge in [0.05, 0.1) is 29.9 Å². The van der Waals surface area contributed by atoms with Gasteiger partial charge in [0.2, 0.25) is 0 Å². The van der Waals surface area contributed by atoms with Gasteiger partial charge in [0.15, 0.2) is 0 Å². The van der Waals surface area contributed by atoms with Crippen LogP contribution >= 0.6 is 0 Å². The molecule has 0 saturated carbocycles. The number of methoxy groups -OCH3 is 1. The van der Waals surface area contributed by atoms with Gasteiger partial charge in [-0.15, -0.1) is 0 Å². The molecule has 1 N–H and O–H groups in total. The van der Waals surface area contributed by atoms with Crippen molar-refractivity contribution >= 4 is 22.8 Å². The number of benzene rings is 3. The average molecular weight is 356 g/mol. The molecule has 3 aromatic carbocycles. The van der Waals surface area contributed by atoms with E-state index in [1.165, 1.54) is 0 Å². The van der Waals surface area contributed by atoms with Gasteiger partial charge in [-0.05, 0) is 66.6 Å². The van der Waals surface area contributed by atoms with Crippen LogP contribution in [-0.2, 0) is 0 Å². The van der Waals surface area contributed by atoms with Gasteiger partial charge in [-0.2, -0.15) is 0 Å². The summed E-state index contributed by atoms with van der Waals surface area (Å²) in [5.74, 6) is 1.04. The zero-order valence-electron chi connectivity index (χ0n) is 15.3. The van der Waals surface area contributed by atoms with Crippen molar-refractivity contribution in [2.75, 3.05) is 7.11 Å². The fraction of sp³-hybridized carbons (Fsp3) is 0.130. The first-order valence-electron chi connectivity index (χ1n) is 8.82. The van der Waals surface area contributed by atoms with Gasteiger partial charge in [-0.1, -0.05) is 18.2 Å². The third-order valence-corrected chi connectivity index (χ3v) is 4.61. The van der Waals surface area contributed by atoms with E-state index in [4.69, 9.17) is 14.7 Å². The summed E-state index contributed by atoms with van der Waals surface area (Å²) in [5, 5.41) is 10.5. The molecule has 1 aliphatic rings. The molecule has 134 valence electrons. The van der Waals surface area contributed by atoms with Crippen molar-refractivity contribution in [3.63, 3.8) is 0 Å². The predicted octanol–water partition coefficient (Wildman–Crippen LogP) is 5.35. The van der Waals surface area contributed by atoms with Crippen LogP contribution in [0.25, 0.3) is 0 Å². The van der Waals surface area contributed by atoms with Crippen LogP contribution in [-0.4, -0.2) is 23.6 Å². The van der Waals surface area contributed by atoms with Crippen molar-refractivity contribution in [3.05, 3.63) is 83.4 Å². The number of para-hydroxylation sites is 2. The van der Waals surface area contributed by atoms with E-state index in [1.807, 2.05) is 67.6 Å². The molecule has 0 radical (unpaired) electrons. The Morgan fingerprint density at radius 2 is 1.52 bits per heavy atom. The van der Waals surface area contributed by atoms with Gasteiger partial charge < -0.3 is 9.84 Å². The largest absolute Gasteiger partial charge is 0.507 e. The van der Waals surface area contributed by atoms with Crippen LogP contribution in [0, 0.1) is 6.92 Å². The van der Waals surface area contributed by atoms with E-state index in [9.17, 15) is 5.11 Å². The molecule has 0 spiro atoms. The average Bonchev–Trinajstić information content (AvgIpc) is 2.87. The molecule has 27 heavy (non-hydrogen) atoms. The number of aromatic hydroxyl groups is 1. The van der Waals surface area contributed by atoms with E-state index in [0.717, 1.165) is 45.2 Å². The van der Waals surface area contributed by atoms with Crippen LogP contribution in [0.4, 0.5) is 11.4 Å². The number of aryl methyl sites for hydroxylation is 1. The molecule has 0 atom stereocenters. The van der Waals surface area contributed by atoms with Crippen LogP contribution in [0.3, 0.4) is 0 Å². The lowest BCUT2D eigenvalue weighted by Gasteiger charge is -2.10. The van der Waals surface area contributed by atoms with Gasteiger partial charge >= 0.3 is 0 Å². The minimum atomic E-state index is 0.238. The first kappa shape index (κ1) is 17.0. The fourth-order valence-corrected chi connectivity index (χ4v) is 3.17. The van der Waals surface area contributed by atoms with E-state index in [0.29, 0.717) is 6.42 Å². The van der Waals surface area contributed by atoms with Gasteiger partial charge in [-0.25, -0.2) is 0 Å². The highest BCUT2D eigenvalue weighted by Gasteiger charge is 2.18. The highest BCUT2D eigenvalue weighted by Crippen LogP contribution is 2.34. The Morgan fingerprint density at radius 3 is 2.15 bits per heavy atom. The number of hydrogen-bond acceptors (Lipinski definition) is 4. The molecule has 0 saturated heterocycles. The molecule has 0 amide bonds. The molecule has 0 fully saturated rings. The zero-order valence-corrected chi connectivity index (χ0v) is 15.3. The van der Waals surface area contributed by atoms with Gasteiger partial charge in [0.25, 0.3) is 0 Å². The van der Waals surface area contributed by atoms with E-state index < -0.39 is 0 Å². The zero-order chi connectivity index (χ0) is 18.8. The Labute approximate surface area is 158 Å². The van der Waals surface area contributed by atoms with Crippen molar-refractivity contribution in [1.82, 2.24) is 0 Å². The smallest absolute Gasteiger partial charge is 0.124 e. The Bertz CT molecular complexity index is 1050. The highest BCUT2D eigenvalue weighted by atomic mass is 16.5. The molecule has 1 heterocycles. The summed E-state index contributed by atoms with van der Waals surface area (Å²) in [6, 6.07) is 21.3. The maximum absolute atomic E-state index is 10.5. The standard InChI is InChI=1S/C23H20N2O2/c1-15-7-12-18(23(26)13-15)22-14-21(16-8-10-17(27-2)11-9-16)24-19-5-3-4-6-20(19)25-22/h3-13,26H,14H2,1-2H3. The molecule has 4 rings (SSSR count). The van der Waals surface area contributed by atoms with Crippen LogP contribution in [0.1, 0.15) is 23.1 Å². The molecule has 4 nitrogen and oxygen atoms in total. The normalized spacial score (nSPS) is 13.3. The van der Waals surface area contributed by atoms with Crippen molar-refractivity contribution in [2.24, 2.45) is 9.98 Å². The van der Waals surface area contributed by atoms with Crippen LogP contribution in [0.5, 0.6) is 11.5 Å². The molecule has 1 aliphatic heterocycles. The molecule has 4 heteroatoms. The van der Waals surface area contributed by atoms with Crippen LogP contribution in [0.15, 0.2) is 76.7 Å². The van der Waals surface area contributed by atoms with Crippen molar-refractivity contribution in [3.8, 4) is 11.5 Å². The number of aliphatic imine (C=N–C) groups is 2. The molecule has 0 bridgehead atoms. The molecule has 3 aromatic rings. The topological polar surface area (TPSA) is 54.2 Å². The maximum atomic E-state index is 10.5. The summed E-state index contributed by atoms with van der Waals surface area (Å²) < 4.78 is 5.26. The quantitative estimate of drug-likeness (QED) is 0.687. The monoisotopic (exact) mass is 356 g/mol. The number of nitrogens with zero attached hydrogens (tertiary/aromatic N) is 2. The minimum absolute atomic E-state index is 0.238. The van der Waals surface area contributed by atoms with E-state index >= 15 is 0 Å². The Morgan fingerprint density at radius 1 is 0.852 bits per heavy atom. The van der Waals surface area contributed by atoms with Crippen molar-refractivity contribution < 1.29 is 9.84 Å². The SMILES string of the molecule is COc1ccc(C2=Nc3ccccc3N=C(c3ccc(C)cc3O)C2)cc1. The Kier molecular flexibility index (Phi) is 4.47. The second-order valence-corrected chi connectivity index (χ2v) is 6.53. The predicted molar refractivity (Wildman–Crippen MR) is 109 cm³/mol. The molecular weight excluding hydrogens is 336 g/mol. The van der Waals surface area contributed by atoms with Crippen molar-refractivity contribution in [2.45, 2.75) is 13.3 Å². The summed E-state index contributed by atoms with van der Waals surface area (Å²) in [6.45, 7) is 1.96. The summed E-state index contributed by atoms with van der Waals surface area (Å²) in [4.78, 5) is 9.69. The number of fused-ring (bicyclic) bond motifs is 1. The lowest BCUT2D eigenvalue weighted by molar-refractivity contribution is 0.415. The third kappa shape index (κ3) is 3.47. The summed E-state index contributed by atoms with van der Waals surface area (Å²) >= 11 is 0. The summed E-state index contributed by atoms with van der Waals surface area (Å²) in [7, 11) is 1.65. The number of phenols is 1. The Balaban J connectivity index is 1.84. The van der Waals surface area contributed by atoms with Crippen molar-refractivity contribution in [1.29, 1.82) is 0 Å². The third-order valence-electron chi connectivity index (χ3n) is 4.61. The first-order valence-corrected chi connectivity index (χ1v) is 8.82. The highest BCUT2D eigenvalue weighted by molar-refractivity contribution is 6.21. The number of phenolic OH excluding ortho intramolecular Hbond substituents is 1. The second-order valence-electron chi connectivity index (χ2n) is 6.53. The van der Waals surface area contributed by atoms with Crippen LogP contribution < -0.4 is 4.74 Å². The summed E-state index contributed by atoms with van der Waals surface area (Å²) in [5.41, 5.74) is 6.08. The molecular formula is C23H20N2O2. The number of rotatable bonds is 3. The fourth-order valence-electron chi connectivity index (χ4n) is 3.17. The summed E-state index contributed by atoms with van der Waals surface area (Å²) in [6.07, 6.45) is 0.525. The minimum Gasteiger partial charge on any atom is -0.507 e. The van der Waals surface area contributed by atoms with E-state index in [2.05, 4.69) is 0 Å². The van der Waals surface area contributed by atoms with Gasteiger partial charge in [0, 0.05) is 12.0 Å². The number of ether oxygens (including phenoxy) is 1. The lowest BCUT2D eigenvalue weighted by atomic mass is 9.98. The maximum Gasteiger partial charge on any atom is 0.124 e.